The van der Waals surface area contributed by atoms with Gasteiger partial charge in [-0.1, -0.05) is 25.0 Å². The number of carboxylic acids is 1. The minimum atomic E-state index is -1.21. The van der Waals surface area contributed by atoms with Crippen LogP contribution in [0.1, 0.15) is 36.8 Å². The molecule has 1 aliphatic carbocycles. The minimum absolute atomic E-state index is 0.148. The molecule has 2 N–H and O–H groups in total. The van der Waals surface area contributed by atoms with Gasteiger partial charge in [0.05, 0.1) is 6.10 Å². The third-order valence-corrected chi connectivity index (χ3v) is 5.39. The molecule has 0 bridgehead atoms. The quantitative estimate of drug-likeness (QED) is 0.866. The van der Waals surface area contributed by atoms with Crippen LogP contribution in [0.3, 0.4) is 0 Å². The van der Waals surface area contributed by atoms with E-state index in [1.165, 1.54) is 13.0 Å². The van der Waals surface area contributed by atoms with Gasteiger partial charge in [-0.3, -0.25) is 9.69 Å². The highest BCUT2D eigenvalue weighted by Crippen LogP contribution is 2.45. The number of benzene rings is 1. The number of carbonyl (C=O) groups is 1. The summed E-state index contributed by atoms with van der Waals surface area (Å²) in [6.45, 7) is 2.28. The monoisotopic (exact) mass is 339 g/mol. The second kappa shape index (κ2) is 6.41. The molecule has 1 aromatic rings. The van der Waals surface area contributed by atoms with Crippen molar-refractivity contribution in [1.82, 2.24) is 4.90 Å². The number of likely N-dealkylation sites (tertiary alicyclic amines) is 1. The van der Waals surface area contributed by atoms with E-state index in [2.05, 4.69) is 0 Å². The van der Waals surface area contributed by atoms with Gasteiger partial charge in [0, 0.05) is 25.2 Å². The summed E-state index contributed by atoms with van der Waals surface area (Å²) in [7, 11) is 0. The van der Waals surface area contributed by atoms with Crippen LogP contribution >= 0.6 is 0 Å². The van der Waals surface area contributed by atoms with Crippen LogP contribution in [0.25, 0.3) is 0 Å². The van der Waals surface area contributed by atoms with E-state index in [9.17, 15) is 23.8 Å². The van der Waals surface area contributed by atoms with Crippen molar-refractivity contribution in [3.63, 3.8) is 0 Å². The zero-order valence-electron chi connectivity index (χ0n) is 13.8. The molecule has 0 aromatic heterocycles. The van der Waals surface area contributed by atoms with Gasteiger partial charge in [-0.25, -0.2) is 8.78 Å². The predicted octanol–water partition coefficient (Wildman–Crippen LogP) is 2.71. The number of rotatable bonds is 5. The number of aliphatic hydroxyl groups is 1. The van der Waals surface area contributed by atoms with E-state index in [0.717, 1.165) is 12.8 Å². The molecule has 3 rings (SSSR count). The van der Waals surface area contributed by atoms with Gasteiger partial charge in [-0.2, -0.15) is 0 Å². The number of hydrogen-bond donors (Lipinski definition) is 2. The smallest absolute Gasteiger partial charge is 0.313 e. The van der Waals surface area contributed by atoms with Crippen molar-refractivity contribution < 1.29 is 23.8 Å². The van der Waals surface area contributed by atoms with Crippen molar-refractivity contribution in [3.05, 3.63) is 34.9 Å². The fraction of sp³-hybridized carbons (Fsp3) is 0.611. The SMILES string of the molecule is Cc1ccc(CN2CC[C@H](O)[C@](CC3CC3)(C(=O)O)C2)c(F)c1F. The molecule has 0 spiro atoms. The van der Waals surface area contributed by atoms with E-state index < -0.39 is 29.1 Å². The van der Waals surface area contributed by atoms with Gasteiger partial charge in [-0.05, 0) is 31.2 Å². The average Bonchev–Trinajstić information content (AvgIpc) is 3.35. The molecule has 1 aliphatic heterocycles. The second-order valence-electron chi connectivity index (χ2n) is 7.29. The van der Waals surface area contributed by atoms with Crippen molar-refractivity contribution in [3.8, 4) is 0 Å². The first-order valence-corrected chi connectivity index (χ1v) is 8.41. The highest BCUT2D eigenvalue weighted by molar-refractivity contribution is 5.76. The fourth-order valence-electron chi connectivity index (χ4n) is 3.68. The molecule has 2 fully saturated rings. The van der Waals surface area contributed by atoms with Crippen LogP contribution in [0.15, 0.2) is 12.1 Å². The Morgan fingerprint density at radius 2 is 2.00 bits per heavy atom. The molecule has 0 unspecified atom stereocenters. The molecular weight excluding hydrogens is 316 g/mol. The van der Waals surface area contributed by atoms with Crippen molar-refractivity contribution in [2.45, 2.75) is 45.3 Å². The van der Waals surface area contributed by atoms with Crippen LogP contribution < -0.4 is 0 Å². The minimum Gasteiger partial charge on any atom is -0.481 e. The lowest BCUT2D eigenvalue weighted by Crippen LogP contribution is -2.56. The first-order valence-electron chi connectivity index (χ1n) is 8.41. The molecule has 4 nitrogen and oxygen atoms in total. The summed E-state index contributed by atoms with van der Waals surface area (Å²) < 4.78 is 27.8. The summed E-state index contributed by atoms with van der Waals surface area (Å²) >= 11 is 0. The van der Waals surface area contributed by atoms with Crippen LogP contribution in [0.2, 0.25) is 0 Å². The van der Waals surface area contributed by atoms with E-state index in [0.29, 0.717) is 25.3 Å². The number of aliphatic hydroxyl groups excluding tert-OH is 1. The van der Waals surface area contributed by atoms with E-state index in [1.807, 2.05) is 4.90 Å². The summed E-state index contributed by atoms with van der Waals surface area (Å²) in [4.78, 5) is 13.7. The lowest BCUT2D eigenvalue weighted by molar-refractivity contribution is -0.165. The number of piperidine rings is 1. The fourth-order valence-corrected chi connectivity index (χ4v) is 3.68. The predicted molar refractivity (Wildman–Crippen MR) is 84.4 cm³/mol. The molecular formula is C18H23F2NO3. The van der Waals surface area contributed by atoms with Crippen molar-refractivity contribution in [1.29, 1.82) is 0 Å². The largest absolute Gasteiger partial charge is 0.481 e. The zero-order valence-corrected chi connectivity index (χ0v) is 13.8. The molecule has 1 aromatic carbocycles. The summed E-state index contributed by atoms with van der Waals surface area (Å²) in [6, 6.07) is 3.07. The van der Waals surface area contributed by atoms with E-state index in [4.69, 9.17) is 0 Å². The lowest BCUT2D eigenvalue weighted by atomic mass is 9.73. The van der Waals surface area contributed by atoms with E-state index in [1.54, 1.807) is 6.07 Å². The van der Waals surface area contributed by atoms with Gasteiger partial charge in [-0.15, -0.1) is 0 Å². The van der Waals surface area contributed by atoms with Crippen LogP contribution in [-0.2, 0) is 11.3 Å². The van der Waals surface area contributed by atoms with Crippen molar-refractivity contribution >= 4 is 5.97 Å². The maximum Gasteiger partial charge on any atom is 0.313 e. The third kappa shape index (κ3) is 3.17. The molecule has 1 saturated carbocycles. The first-order chi connectivity index (χ1) is 11.3. The summed E-state index contributed by atoms with van der Waals surface area (Å²) in [5.74, 6) is -2.37. The Kier molecular flexibility index (Phi) is 4.62. The number of aliphatic carboxylic acids is 1. The highest BCUT2D eigenvalue weighted by atomic mass is 19.2. The highest BCUT2D eigenvalue weighted by Gasteiger charge is 2.51. The van der Waals surface area contributed by atoms with Crippen LogP contribution in [0.5, 0.6) is 0 Å². The topological polar surface area (TPSA) is 60.8 Å². The number of hydrogen-bond acceptors (Lipinski definition) is 3. The van der Waals surface area contributed by atoms with Crippen LogP contribution in [0, 0.1) is 29.9 Å². The molecule has 6 heteroatoms. The Morgan fingerprint density at radius 3 is 2.62 bits per heavy atom. The summed E-state index contributed by atoms with van der Waals surface area (Å²) in [5.41, 5.74) is -0.738. The Morgan fingerprint density at radius 1 is 1.29 bits per heavy atom. The van der Waals surface area contributed by atoms with E-state index >= 15 is 0 Å². The third-order valence-electron chi connectivity index (χ3n) is 5.39. The Balaban J connectivity index is 1.80. The van der Waals surface area contributed by atoms with E-state index in [-0.39, 0.29) is 24.2 Å². The molecule has 132 valence electrons. The van der Waals surface area contributed by atoms with Gasteiger partial charge >= 0.3 is 5.97 Å². The van der Waals surface area contributed by atoms with Crippen molar-refractivity contribution in [2.75, 3.05) is 13.1 Å². The number of nitrogens with zero attached hydrogens (tertiary/aromatic N) is 1. The molecule has 2 aliphatic rings. The van der Waals surface area contributed by atoms with Crippen molar-refractivity contribution in [2.24, 2.45) is 11.3 Å². The normalized spacial score (nSPS) is 28.1. The van der Waals surface area contributed by atoms with Gasteiger partial charge in [0.15, 0.2) is 11.6 Å². The first kappa shape index (κ1) is 17.3. The number of aryl methyl sites for hydroxylation is 1. The average molecular weight is 339 g/mol. The maximum absolute atomic E-state index is 14.1. The van der Waals surface area contributed by atoms with Crippen LogP contribution in [0.4, 0.5) is 8.78 Å². The standard InChI is InChI=1S/C18H23F2NO3/c1-11-2-5-13(16(20)15(11)19)9-21-7-6-14(22)18(10-21,17(23)24)8-12-3-4-12/h2,5,12,14,22H,3-4,6-10H2,1H3,(H,23,24)/t14-,18+/m0/s1. The lowest BCUT2D eigenvalue weighted by Gasteiger charge is -2.43. The summed E-state index contributed by atoms with van der Waals surface area (Å²) in [5, 5.41) is 20.1. The van der Waals surface area contributed by atoms with Gasteiger partial charge < -0.3 is 10.2 Å². The van der Waals surface area contributed by atoms with Gasteiger partial charge in [0.25, 0.3) is 0 Å². The molecule has 1 saturated heterocycles. The molecule has 0 amide bonds. The molecule has 1 heterocycles. The number of halogens is 2. The zero-order chi connectivity index (χ0) is 17.5. The second-order valence-corrected chi connectivity index (χ2v) is 7.29. The van der Waals surface area contributed by atoms with Gasteiger partial charge in [0.2, 0.25) is 0 Å². The molecule has 2 atom stereocenters. The molecule has 24 heavy (non-hydrogen) atoms. The number of carboxylic acid groups (broad SMARTS) is 1. The van der Waals surface area contributed by atoms with Gasteiger partial charge in [0.1, 0.15) is 5.41 Å². The maximum atomic E-state index is 14.1. The Labute approximate surface area is 140 Å². The Hall–Kier alpha value is -1.53. The molecule has 0 radical (unpaired) electrons. The summed E-state index contributed by atoms with van der Waals surface area (Å²) in [6.07, 6.45) is 1.88. The Bertz CT molecular complexity index is 647. The van der Waals surface area contributed by atoms with Crippen LogP contribution in [-0.4, -0.2) is 40.3 Å².